The maximum absolute atomic E-state index is 12.4. The fraction of sp³-hybridized carbons (Fsp3) is 1.00. The molecule has 0 amide bonds. The Morgan fingerprint density at radius 3 is 2.00 bits per heavy atom. The Hall–Kier alpha value is -0.440. The zero-order valence-electron chi connectivity index (χ0n) is 9.10. The monoisotopic (exact) mass is 283 g/mol. The van der Waals surface area contributed by atoms with Crippen molar-refractivity contribution in [1.82, 2.24) is 0 Å². The van der Waals surface area contributed by atoms with Gasteiger partial charge in [-0.15, -0.1) is 0 Å². The Labute approximate surface area is 96.1 Å². The van der Waals surface area contributed by atoms with Gasteiger partial charge in [-0.25, -0.2) is 8.42 Å². The van der Waals surface area contributed by atoms with Gasteiger partial charge in [0.1, 0.15) is 5.37 Å². The average Bonchev–Trinajstić information content (AvgIpc) is 2.13. The lowest BCUT2D eigenvalue weighted by Gasteiger charge is -2.19. The SMILES string of the molecule is CCC(N)S(=O)(=O)CCCC(F)(F)C(F)(F)F. The summed E-state index contributed by atoms with van der Waals surface area (Å²) >= 11 is 0. The second-order valence-electron chi connectivity index (χ2n) is 3.62. The van der Waals surface area contributed by atoms with E-state index in [1.54, 1.807) is 0 Å². The van der Waals surface area contributed by atoms with Gasteiger partial charge in [-0.05, 0) is 12.8 Å². The summed E-state index contributed by atoms with van der Waals surface area (Å²) in [4.78, 5) is 0. The number of nitrogens with two attached hydrogens (primary N) is 1. The summed E-state index contributed by atoms with van der Waals surface area (Å²) in [7, 11) is -3.80. The maximum Gasteiger partial charge on any atom is 0.453 e. The first-order valence-corrected chi connectivity index (χ1v) is 6.57. The summed E-state index contributed by atoms with van der Waals surface area (Å²) in [6.07, 6.45) is -7.89. The van der Waals surface area contributed by atoms with E-state index in [2.05, 4.69) is 0 Å². The summed E-state index contributed by atoms with van der Waals surface area (Å²) in [5.74, 6) is -5.63. The van der Waals surface area contributed by atoms with Gasteiger partial charge >= 0.3 is 12.1 Å². The molecule has 0 aliphatic heterocycles. The highest BCUT2D eigenvalue weighted by atomic mass is 32.2. The van der Waals surface area contributed by atoms with E-state index >= 15 is 0 Å². The van der Waals surface area contributed by atoms with Crippen LogP contribution in [0.1, 0.15) is 26.2 Å². The van der Waals surface area contributed by atoms with Crippen LogP contribution < -0.4 is 5.73 Å². The molecule has 17 heavy (non-hydrogen) atoms. The lowest BCUT2D eigenvalue weighted by Crippen LogP contribution is -2.37. The van der Waals surface area contributed by atoms with Crippen molar-refractivity contribution in [3.8, 4) is 0 Å². The standard InChI is InChI=1S/C8H14F5NO2S/c1-2-6(14)17(15,16)5-3-4-7(9,10)8(11,12)13/h6H,2-5,14H2,1H3. The van der Waals surface area contributed by atoms with Gasteiger partial charge in [0, 0.05) is 6.42 Å². The number of sulfone groups is 1. The minimum Gasteiger partial charge on any atom is -0.315 e. The third-order valence-corrected chi connectivity index (χ3v) is 4.31. The van der Waals surface area contributed by atoms with Crippen molar-refractivity contribution < 1.29 is 30.4 Å². The zero-order chi connectivity index (χ0) is 13.9. The molecule has 2 N–H and O–H groups in total. The van der Waals surface area contributed by atoms with Crippen LogP contribution >= 0.6 is 0 Å². The quantitative estimate of drug-likeness (QED) is 0.759. The van der Waals surface area contributed by atoms with Crippen LogP contribution in [0.25, 0.3) is 0 Å². The Morgan fingerprint density at radius 1 is 1.18 bits per heavy atom. The van der Waals surface area contributed by atoms with Crippen molar-refractivity contribution in [1.29, 1.82) is 0 Å². The molecule has 0 saturated heterocycles. The molecular weight excluding hydrogens is 269 g/mol. The second kappa shape index (κ2) is 5.47. The smallest absolute Gasteiger partial charge is 0.315 e. The first kappa shape index (κ1) is 16.6. The van der Waals surface area contributed by atoms with Gasteiger partial charge in [0.2, 0.25) is 0 Å². The minimum atomic E-state index is -5.65. The van der Waals surface area contributed by atoms with E-state index in [9.17, 15) is 30.4 Å². The van der Waals surface area contributed by atoms with Crippen molar-refractivity contribution in [3.05, 3.63) is 0 Å². The van der Waals surface area contributed by atoms with Gasteiger partial charge in [0.25, 0.3) is 0 Å². The average molecular weight is 283 g/mol. The van der Waals surface area contributed by atoms with E-state index in [1.807, 2.05) is 0 Å². The molecule has 0 bridgehead atoms. The lowest BCUT2D eigenvalue weighted by atomic mass is 10.2. The number of halogens is 5. The van der Waals surface area contributed by atoms with Gasteiger partial charge in [-0.3, -0.25) is 0 Å². The van der Waals surface area contributed by atoms with Crippen LogP contribution in [0, 0.1) is 0 Å². The predicted molar refractivity (Wildman–Crippen MR) is 52.3 cm³/mol. The molecule has 104 valence electrons. The molecule has 0 aromatic carbocycles. The van der Waals surface area contributed by atoms with Gasteiger partial charge < -0.3 is 5.73 Å². The first-order valence-electron chi connectivity index (χ1n) is 4.85. The fourth-order valence-electron chi connectivity index (χ4n) is 1.04. The molecule has 1 unspecified atom stereocenters. The van der Waals surface area contributed by atoms with Crippen LogP contribution in [0.3, 0.4) is 0 Å². The van der Waals surface area contributed by atoms with E-state index in [0.29, 0.717) is 0 Å². The summed E-state index contributed by atoms with van der Waals surface area (Å²) < 4.78 is 82.6. The molecule has 0 rings (SSSR count). The molecule has 3 nitrogen and oxygen atoms in total. The first-order chi connectivity index (χ1) is 7.44. The molecule has 0 spiro atoms. The van der Waals surface area contributed by atoms with Crippen molar-refractivity contribution in [3.63, 3.8) is 0 Å². The summed E-state index contributed by atoms with van der Waals surface area (Å²) in [6.45, 7) is 1.48. The summed E-state index contributed by atoms with van der Waals surface area (Å²) in [6, 6.07) is 0. The van der Waals surface area contributed by atoms with E-state index in [1.165, 1.54) is 6.92 Å². The van der Waals surface area contributed by atoms with Crippen LogP contribution in [0.15, 0.2) is 0 Å². The van der Waals surface area contributed by atoms with Gasteiger partial charge in [0.15, 0.2) is 9.84 Å². The van der Waals surface area contributed by atoms with E-state index in [-0.39, 0.29) is 6.42 Å². The Kier molecular flexibility index (Phi) is 5.33. The maximum atomic E-state index is 12.4. The Bertz CT molecular complexity index is 338. The molecule has 0 aliphatic rings. The van der Waals surface area contributed by atoms with Crippen LogP contribution in [0.2, 0.25) is 0 Å². The molecule has 0 heterocycles. The normalized spacial score (nSPS) is 15.9. The third kappa shape index (κ3) is 4.74. The number of hydrogen-bond acceptors (Lipinski definition) is 3. The highest BCUT2D eigenvalue weighted by molar-refractivity contribution is 7.91. The Morgan fingerprint density at radius 2 is 1.65 bits per heavy atom. The van der Waals surface area contributed by atoms with Crippen LogP contribution in [0.4, 0.5) is 22.0 Å². The molecular formula is C8H14F5NO2S. The molecule has 0 aromatic heterocycles. The number of hydrogen-bond donors (Lipinski definition) is 1. The van der Waals surface area contributed by atoms with Gasteiger partial charge in [0.05, 0.1) is 5.75 Å². The van der Waals surface area contributed by atoms with E-state index < -0.39 is 45.9 Å². The van der Waals surface area contributed by atoms with E-state index in [0.717, 1.165) is 0 Å². The minimum absolute atomic E-state index is 0.0813. The van der Waals surface area contributed by atoms with Crippen LogP contribution in [-0.2, 0) is 9.84 Å². The largest absolute Gasteiger partial charge is 0.453 e. The molecule has 9 heteroatoms. The summed E-state index contributed by atoms with van der Waals surface area (Å²) in [5.41, 5.74) is 5.19. The van der Waals surface area contributed by atoms with Crippen molar-refractivity contribution >= 4 is 9.84 Å². The Balaban J connectivity index is 4.35. The number of alkyl halides is 5. The highest BCUT2D eigenvalue weighted by Gasteiger charge is 2.56. The molecule has 1 atom stereocenters. The van der Waals surface area contributed by atoms with Crippen LogP contribution in [0.5, 0.6) is 0 Å². The van der Waals surface area contributed by atoms with Gasteiger partial charge in [-0.2, -0.15) is 22.0 Å². The molecule has 0 aromatic rings. The molecule has 0 saturated carbocycles. The van der Waals surface area contributed by atoms with Crippen LogP contribution in [-0.4, -0.2) is 31.6 Å². The predicted octanol–water partition coefficient (Wildman–Crippen LogP) is 2.07. The third-order valence-electron chi connectivity index (χ3n) is 2.20. The van der Waals surface area contributed by atoms with Crippen molar-refractivity contribution in [2.45, 2.75) is 43.7 Å². The molecule has 0 radical (unpaired) electrons. The van der Waals surface area contributed by atoms with Gasteiger partial charge in [-0.1, -0.05) is 6.92 Å². The van der Waals surface area contributed by atoms with E-state index in [4.69, 9.17) is 5.73 Å². The fourth-order valence-corrected chi connectivity index (χ4v) is 2.40. The van der Waals surface area contributed by atoms with Crippen molar-refractivity contribution in [2.24, 2.45) is 5.73 Å². The highest BCUT2D eigenvalue weighted by Crippen LogP contribution is 2.38. The molecule has 0 fully saturated rings. The topological polar surface area (TPSA) is 60.2 Å². The van der Waals surface area contributed by atoms with Crippen molar-refractivity contribution in [2.75, 3.05) is 5.75 Å². The lowest BCUT2D eigenvalue weighted by molar-refractivity contribution is -0.284. The zero-order valence-corrected chi connectivity index (χ0v) is 9.91. The molecule has 0 aliphatic carbocycles. The second-order valence-corrected chi connectivity index (χ2v) is 5.96. The number of rotatable bonds is 6. The summed E-state index contributed by atoms with van der Waals surface area (Å²) in [5, 5.41) is -1.22.